The second-order valence-electron chi connectivity index (χ2n) is 9.33. The van der Waals surface area contributed by atoms with Gasteiger partial charge in [-0.15, -0.1) is 0 Å². The van der Waals surface area contributed by atoms with Crippen LogP contribution in [0.4, 0.5) is 10.1 Å². The minimum absolute atomic E-state index is 0.000206. The average Bonchev–Trinajstić information content (AvgIpc) is 2.91. The van der Waals surface area contributed by atoms with Gasteiger partial charge in [-0.05, 0) is 74.7 Å². The summed E-state index contributed by atoms with van der Waals surface area (Å²) in [5, 5.41) is 2.80. The molecule has 9 heteroatoms. The molecule has 7 nitrogen and oxygen atoms in total. The summed E-state index contributed by atoms with van der Waals surface area (Å²) in [6.07, 6.45) is 0.776. The number of nitrogens with zero attached hydrogens (tertiary/aromatic N) is 2. The fourth-order valence-electron chi connectivity index (χ4n) is 3.92. The summed E-state index contributed by atoms with van der Waals surface area (Å²) in [5.41, 5.74) is 1.96. The van der Waals surface area contributed by atoms with E-state index in [-0.39, 0.29) is 23.4 Å². The van der Waals surface area contributed by atoms with E-state index in [9.17, 15) is 22.4 Å². The van der Waals surface area contributed by atoms with Gasteiger partial charge in [0, 0.05) is 12.6 Å². The number of halogens is 1. The van der Waals surface area contributed by atoms with Gasteiger partial charge < -0.3 is 10.2 Å². The fourth-order valence-corrected chi connectivity index (χ4v) is 5.36. The number of hydrogen-bond donors (Lipinski definition) is 1. The Labute approximate surface area is 224 Å². The Morgan fingerprint density at radius 3 is 2.00 bits per heavy atom. The Balaban J connectivity index is 2.01. The lowest BCUT2D eigenvalue weighted by Crippen LogP contribution is -2.52. The van der Waals surface area contributed by atoms with Crippen LogP contribution >= 0.6 is 0 Å². The van der Waals surface area contributed by atoms with Crippen LogP contribution in [0.5, 0.6) is 0 Å². The second kappa shape index (κ2) is 12.7. The maximum absolute atomic E-state index is 13.8. The third-order valence-electron chi connectivity index (χ3n) is 6.11. The molecule has 0 bridgehead atoms. The maximum atomic E-state index is 13.8. The first-order valence-electron chi connectivity index (χ1n) is 12.5. The summed E-state index contributed by atoms with van der Waals surface area (Å²) in [7, 11) is -4.11. The van der Waals surface area contributed by atoms with Gasteiger partial charge in [-0.2, -0.15) is 0 Å². The second-order valence-corrected chi connectivity index (χ2v) is 11.2. The summed E-state index contributed by atoms with van der Waals surface area (Å²) in [4.78, 5) is 28.1. The summed E-state index contributed by atoms with van der Waals surface area (Å²) < 4.78 is 42.0. The molecule has 38 heavy (non-hydrogen) atoms. The highest BCUT2D eigenvalue weighted by Crippen LogP contribution is 2.25. The van der Waals surface area contributed by atoms with Gasteiger partial charge in [0.2, 0.25) is 11.8 Å². The Morgan fingerprint density at radius 1 is 0.868 bits per heavy atom. The Hall–Kier alpha value is -3.72. The highest BCUT2D eigenvalue weighted by atomic mass is 32.2. The molecule has 0 saturated heterocycles. The van der Waals surface area contributed by atoms with Crippen LogP contribution in [0.15, 0.2) is 83.8 Å². The van der Waals surface area contributed by atoms with E-state index in [4.69, 9.17) is 0 Å². The van der Waals surface area contributed by atoms with Crippen molar-refractivity contribution in [1.29, 1.82) is 0 Å². The normalized spacial score (nSPS) is 12.2. The van der Waals surface area contributed by atoms with Crippen molar-refractivity contribution in [2.24, 2.45) is 0 Å². The van der Waals surface area contributed by atoms with Crippen LogP contribution in [-0.4, -0.2) is 43.8 Å². The molecule has 0 unspecified atom stereocenters. The number of anilines is 1. The van der Waals surface area contributed by atoms with E-state index in [0.29, 0.717) is 11.3 Å². The Morgan fingerprint density at radius 2 is 1.45 bits per heavy atom. The van der Waals surface area contributed by atoms with Gasteiger partial charge in [0.1, 0.15) is 18.4 Å². The van der Waals surface area contributed by atoms with E-state index < -0.39 is 34.3 Å². The summed E-state index contributed by atoms with van der Waals surface area (Å²) in [6, 6.07) is 19.4. The Kier molecular flexibility index (Phi) is 9.63. The number of nitrogens with one attached hydrogen (secondary N) is 1. The lowest BCUT2D eigenvalue weighted by Gasteiger charge is -2.32. The predicted molar refractivity (Wildman–Crippen MR) is 146 cm³/mol. The summed E-state index contributed by atoms with van der Waals surface area (Å²) in [5.74, 6) is -1.37. The number of carbonyl (C=O) groups excluding carboxylic acids is 2. The largest absolute Gasteiger partial charge is 0.352 e. The van der Waals surface area contributed by atoms with Crippen LogP contribution < -0.4 is 9.62 Å². The zero-order valence-corrected chi connectivity index (χ0v) is 22.9. The van der Waals surface area contributed by atoms with Crippen molar-refractivity contribution in [1.82, 2.24) is 10.2 Å². The van der Waals surface area contributed by atoms with Gasteiger partial charge in [0.15, 0.2) is 0 Å². The van der Waals surface area contributed by atoms with Crippen LogP contribution in [0.3, 0.4) is 0 Å². The highest BCUT2D eigenvalue weighted by Gasteiger charge is 2.32. The average molecular weight is 540 g/mol. The van der Waals surface area contributed by atoms with Crippen LogP contribution in [0, 0.1) is 5.82 Å². The first kappa shape index (κ1) is 28.8. The van der Waals surface area contributed by atoms with Gasteiger partial charge in [0.25, 0.3) is 10.0 Å². The number of hydrogen-bond acceptors (Lipinski definition) is 4. The van der Waals surface area contributed by atoms with Crippen LogP contribution in [-0.2, 0) is 32.6 Å². The van der Waals surface area contributed by atoms with E-state index >= 15 is 0 Å². The topological polar surface area (TPSA) is 86.8 Å². The van der Waals surface area contributed by atoms with E-state index in [2.05, 4.69) is 5.32 Å². The lowest BCUT2D eigenvalue weighted by molar-refractivity contribution is -0.139. The number of aryl methyl sites for hydroxylation is 1. The molecule has 1 atom stereocenters. The quantitative estimate of drug-likeness (QED) is 0.388. The van der Waals surface area contributed by atoms with Crippen molar-refractivity contribution >= 4 is 27.5 Å². The van der Waals surface area contributed by atoms with Gasteiger partial charge in [-0.25, -0.2) is 12.8 Å². The molecule has 0 spiro atoms. The number of sulfonamides is 1. The highest BCUT2D eigenvalue weighted by molar-refractivity contribution is 7.92. The molecule has 202 valence electrons. The van der Waals surface area contributed by atoms with E-state index in [0.717, 1.165) is 16.3 Å². The molecule has 0 aliphatic carbocycles. The molecule has 0 fully saturated rings. The molecule has 0 saturated carbocycles. The first-order valence-corrected chi connectivity index (χ1v) is 14.0. The lowest BCUT2D eigenvalue weighted by atomic mass is 10.1. The van der Waals surface area contributed by atoms with Crippen molar-refractivity contribution in [3.05, 3.63) is 95.8 Å². The van der Waals surface area contributed by atoms with Crippen LogP contribution in [0.25, 0.3) is 0 Å². The molecule has 2 amide bonds. The fraction of sp³-hybridized carbons (Fsp3) is 0.310. The summed E-state index contributed by atoms with van der Waals surface area (Å²) >= 11 is 0. The molecule has 0 radical (unpaired) electrons. The van der Waals surface area contributed by atoms with Gasteiger partial charge in [-0.1, -0.05) is 49.4 Å². The number of rotatable bonds is 11. The third kappa shape index (κ3) is 7.19. The third-order valence-corrected chi connectivity index (χ3v) is 7.90. The monoisotopic (exact) mass is 539 g/mol. The standard InChI is InChI=1S/C29H34FN3O4S/c1-5-23-13-17-26(18-14-23)33(38(36,37)27-9-7-6-8-10-27)20-28(34)32(22(4)29(35)31-21(2)3)19-24-11-15-25(30)16-12-24/h6-18,21-22H,5,19-20H2,1-4H3,(H,31,35)/t22-/m0/s1. The zero-order chi connectivity index (χ0) is 27.9. The van der Waals surface area contributed by atoms with Crippen molar-refractivity contribution in [2.45, 2.75) is 57.6 Å². The molecule has 1 N–H and O–H groups in total. The zero-order valence-electron chi connectivity index (χ0n) is 22.1. The SMILES string of the molecule is CCc1ccc(N(CC(=O)N(Cc2ccc(F)cc2)[C@@H](C)C(=O)NC(C)C)S(=O)(=O)c2ccccc2)cc1. The minimum Gasteiger partial charge on any atom is -0.352 e. The van der Waals surface area contributed by atoms with Crippen LogP contribution in [0.2, 0.25) is 0 Å². The molecular formula is C29H34FN3O4S. The van der Waals surface area contributed by atoms with Gasteiger partial charge in [0.05, 0.1) is 10.6 Å². The van der Waals surface area contributed by atoms with E-state index in [1.165, 1.54) is 41.3 Å². The molecule has 0 aliphatic heterocycles. The van der Waals surface area contributed by atoms with Crippen molar-refractivity contribution in [2.75, 3.05) is 10.8 Å². The minimum atomic E-state index is -4.11. The van der Waals surface area contributed by atoms with E-state index in [1.54, 1.807) is 37.3 Å². The van der Waals surface area contributed by atoms with E-state index in [1.807, 2.05) is 32.9 Å². The first-order chi connectivity index (χ1) is 18.0. The maximum Gasteiger partial charge on any atom is 0.264 e. The molecule has 0 aromatic heterocycles. The molecular weight excluding hydrogens is 505 g/mol. The predicted octanol–water partition coefficient (Wildman–Crippen LogP) is 4.53. The van der Waals surface area contributed by atoms with Gasteiger partial charge >= 0.3 is 0 Å². The molecule has 3 rings (SSSR count). The Bertz CT molecular complexity index is 1330. The molecule has 3 aromatic carbocycles. The number of benzene rings is 3. The van der Waals surface area contributed by atoms with Crippen LogP contribution in [0.1, 0.15) is 38.8 Å². The van der Waals surface area contributed by atoms with Crippen molar-refractivity contribution in [3.8, 4) is 0 Å². The van der Waals surface area contributed by atoms with Gasteiger partial charge in [-0.3, -0.25) is 13.9 Å². The molecule has 0 aliphatic rings. The van der Waals surface area contributed by atoms with Crippen molar-refractivity contribution in [3.63, 3.8) is 0 Å². The number of amides is 2. The summed E-state index contributed by atoms with van der Waals surface area (Å²) in [6.45, 7) is 6.68. The molecule has 0 heterocycles. The molecule has 3 aromatic rings. The smallest absolute Gasteiger partial charge is 0.264 e. The number of carbonyl (C=O) groups is 2. The van der Waals surface area contributed by atoms with Crippen molar-refractivity contribution < 1.29 is 22.4 Å².